The van der Waals surface area contributed by atoms with E-state index in [0.717, 1.165) is 0 Å². The number of carbonyl (C=O) groups is 4. The van der Waals surface area contributed by atoms with Gasteiger partial charge in [-0.2, -0.15) is 0 Å². The highest BCUT2D eigenvalue weighted by Crippen LogP contribution is 2.07. The summed E-state index contributed by atoms with van der Waals surface area (Å²) in [5.41, 5.74) is 0. The summed E-state index contributed by atoms with van der Waals surface area (Å²) in [7, 11) is 0. The van der Waals surface area contributed by atoms with Gasteiger partial charge in [0.15, 0.2) is 0 Å². The average Bonchev–Trinajstić information content (AvgIpc) is 2.23. The first-order chi connectivity index (χ1) is 8.20. The predicted molar refractivity (Wildman–Crippen MR) is 64.3 cm³/mol. The summed E-state index contributed by atoms with van der Waals surface area (Å²) < 4.78 is 0. The second kappa shape index (κ2) is 10.4. The molecule has 1 atom stereocenters. The van der Waals surface area contributed by atoms with E-state index in [2.05, 4.69) is 0 Å². The van der Waals surface area contributed by atoms with Crippen molar-refractivity contribution in [1.29, 1.82) is 0 Å². The fraction of sp³-hybridized carbons (Fsp3) is 0.667. The van der Waals surface area contributed by atoms with E-state index in [1.165, 1.54) is 13.8 Å². The van der Waals surface area contributed by atoms with Crippen molar-refractivity contribution in [3.8, 4) is 0 Å². The Bertz CT molecular complexity index is 294. The number of hydrogen-bond acceptors (Lipinski definition) is 4. The van der Waals surface area contributed by atoms with Crippen LogP contribution in [0.3, 0.4) is 0 Å². The molecule has 0 rings (SSSR count). The molecule has 0 saturated carbocycles. The smallest absolute Gasteiger partial charge is 0.306 e. The maximum Gasteiger partial charge on any atom is 0.306 e. The minimum Gasteiger partial charge on any atom is -0.481 e. The standard InChI is InChI=1S/C7H12O3.C5H8O3/c1-3-6(7(9)10)4-5(2)8;1-4(6)2-3-5(7)8/h6H,3-4H2,1-2H3,(H,9,10);2-3H2,1H3,(H,7,8). The Labute approximate surface area is 106 Å². The first kappa shape index (κ1) is 18.6. The zero-order chi connectivity index (χ0) is 14.7. The molecule has 18 heavy (non-hydrogen) atoms. The van der Waals surface area contributed by atoms with Crippen LogP contribution in [0.15, 0.2) is 0 Å². The van der Waals surface area contributed by atoms with Gasteiger partial charge < -0.3 is 19.8 Å². The maximum atomic E-state index is 10.5. The largest absolute Gasteiger partial charge is 0.481 e. The highest BCUT2D eigenvalue weighted by atomic mass is 16.4. The summed E-state index contributed by atoms with van der Waals surface area (Å²) >= 11 is 0. The molecule has 0 fully saturated rings. The van der Waals surface area contributed by atoms with Crippen molar-refractivity contribution in [2.24, 2.45) is 5.92 Å². The zero-order valence-corrected chi connectivity index (χ0v) is 10.9. The van der Waals surface area contributed by atoms with Crippen LogP contribution in [0.1, 0.15) is 46.5 Å². The number of carboxylic acids is 2. The molecule has 0 aromatic carbocycles. The first-order valence-corrected chi connectivity index (χ1v) is 5.64. The Hall–Kier alpha value is -1.72. The molecule has 0 bridgehead atoms. The molecule has 0 aliphatic heterocycles. The van der Waals surface area contributed by atoms with Crippen molar-refractivity contribution in [3.05, 3.63) is 0 Å². The molecule has 0 aliphatic rings. The summed E-state index contributed by atoms with van der Waals surface area (Å²) in [5.74, 6) is -2.42. The molecule has 6 nitrogen and oxygen atoms in total. The molecule has 0 aromatic rings. The lowest BCUT2D eigenvalue weighted by Gasteiger charge is -2.04. The van der Waals surface area contributed by atoms with Crippen LogP contribution in [-0.4, -0.2) is 33.7 Å². The molecule has 0 amide bonds. The highest BCUT2D eigenvalue weighted by molar-refractivity contribution is 5.82. The lowest BCUT2D eigenvalue weighted by atomic mass is 10.0. The van der Waals surface area contributed by atoms with Crippen molar-refractivity contribution >= 4 is 23.5 Å². The number of ketones is 2. The monoisotopic (exact) mass is 260 g/mol. The van der Waals surface area contributed by atoms with Gasteiger partial charge in [-0.25, -0.2) is 0 Å². The van der Waals surface area contributed by atoms with Gasteiger partial charge in [-0.05, 0) is 20.3 Å². The van der Waals surface area contributed by atoms with E-state index < -0.39 is 17.9 Å². The van der Waals surface area contributed by atoms with E-state index in [1.54, 1.807) is 6.92 Å². The SMILES string of the molecule is CC(=O)CCC(=O)O.CCC(CC(C)=O)C(=O)O. The van der Waals surface area contributed by atoms with Crippen LogP contribution in [0.2, 0.25) is 0 Å². The molecule has 0 spiro atoms. The van der Waals surface area contributed by atoms with E-state index in [0.29, 0.717) is 6.42 Å². The van der Waals surface area contributed by atoms with Crippen LogP contribution in [0, 0.1) is 5.92 Å². The zero-order valence-electron chi connectivity index (χ0n) is 10.9. The van der Waals surface area contributed by atoms with E-state index in [4.69, 9.17) is 10.2 Å². The summed E-state index contributed by atoms with van der Waals surface area (Å²) in [6.07, 6.45) is 0.783. The molecular formula is C12H20O6. The number of Topliss-reactive ketones (excluding diaryl/α,β-unsaturated/α-hetero) is 2. The Morgan fingerprint density at radius 1 is 0.944 bits per heavy atom. The number of carbonyl (C=O) groups excluding carboxylic acids is 2. The third-order valence-electron chi connectivity index (χ3n) is 2.07. The fourth-order valence-electron chi connectivity index (χ4n) is 1.04. The normalized spacial score (nSPS) is 10.8. The van der Waals surface area contributed by atoms with Gasteiger partial charge in [-0.15, -0.1) is 0 Å². The van der Waals surface area contributed by atoms with Crippen molar-refractivity contribution in [2.75, 3.05) is 0 Å². The molecule has 0 heterocycles. The Morgan fingerprint density at radius 2 is 1.44 bits per heavy atom. The lowest BCUT2D eigenvalue weighted by molar-refractivity contribution is -0.143. The quantitative estimate of drug-likeness (QED) is 0.718. The summed E-state index contributed by atoms with van der Waals surface area (Å²) in [5, 5.41) is 16.5. The van der Waals surface area contributed by atoms with Gasteiger partial charge in [-0.3, -0.25) is 9.59 Å². The van der Waals surface area contributed by atoms with Gasteiger partial charge >= 0.3 is 11.9 Å². The summed E-state index contributed by atoms with van der Waals surface area (Å²) in [6.45, 7) is 4.55. The molecule has 0 aromatic heterocycles. The van der Waals surface area contributed by atoms with E-state index in [1.807, 2.05) is 0 Å². The highest BCUT2D eigenvalue weighted by Gasteiger charge is 2.16. The second-order valence-electron chi connectivity index (χ2n) is 3.95. The van der Waals surface area contributed by atoms with Crippen molar-refractivity contribution < 1.29 is 29.4 Å². The van der Waals surface area contributed by atoms with Gasteiger partial charge in [0.25, 0.3) is 0 Å². The molecule has 1 unspecified atom stereocenters. The van der Waals surface area contributed by atoms with Gasteiger partial charge in [-0.1, -0.05) is 6.92 Å². The minimum absolute atomic E-state index is 0.0463. The Balaban J connectivity index is 0. The first-order valence-electron chi connectivity index (χ1n) is 5.64. The predicted octanol–water partition coefficient (Wildman–Crippen LogP) is 1.52. The van der Waals surface area contributed by atoms with Crippen LogP contribution >= 0.6 is 0 Å². The van der Waals surface area contributed by atoms with Gasteiger partial charge in [0, 0.05) is 12.8 Å². The summed E-state index contributed by atoms with van der Waals surface area (Å²) in [4.78, 5) is 40.6. The fourth-order valence-corrected chi connectivity index (χ4v) is 1.04. The van der Waals surface area contributed by atoms with E-state index in [-0.39, 0.29) is 30.8 Å². The van der Waals surface area contributed by atoms with Crippen molar-refractivity contribution in [1.82, 2.24) is 0 Å². The maximum absolute atomic E-state index is 10.5. The van der Waals surface area contributed by atoms with Crippen LogP contribution < -0.4 is 0 Å². The molecule has 0 saturated heterocycles. The molecule has 2 N–H and O–H groups in total. The van der Waals surface area contributed by atoms with Gasteiger partial charge in [0.2, 0.25) is 0 Å². The summed E-state index contributed by atoms with van der Waals surface area (Å²) in [6, 6.07) is 0. The average molecular weight is 260 g/mol. The minimum atomic E-state index is -0.916. The topological polar surface area (TPSA) is 109 Å². The third kappa shape index (κ3) is 14.3. The van der Waals surface area contributed by atoms with E-state index >= 15 is 0 Å². The van der Waals surface area contributed by atoms with Crippen LogP contribution in [0.25, 0.3) is 0 Å². The Morgan fingerprint density at radius 3 is 1.56 bits per heavy atom. The van der Waals surface area contributed by atoms with Crippen LogP contribution in [0.5, 0.6) is 0 Å². The third-order valence-corrected chi connectivity index (χ3v) is 2.07. The number of aliphatic carboxylic acids is 2. The molecule has 104 valence electrons. The van der Waals surface area contributed by atoms with Gasteiger partial charge in [0.1, 0.15) is 11.6 Å². The molecule has 0 radical (unpaired) electrons. The van der Waals surface area contributed by atoms with Gasteiger partial charge in [0.05, 0.1) is 12.3 Å². The number of hydrogen-bond donors (Lipinski definition) is 2. The molecule has 6 heteroatoms. The molecule has 0 aliphatic carbocycles. The number of carboxylic acid groups (broad SMARTS) is 2. The van der Waals surface area contributed by atoms with Crippen molar-refractivity contribution in [3.63, 3.8) is 0 Å². The van der Waals surface area contributed by atoms with Crippen LogP contribution in [-0.2, 0) is 19.2 Å². The lowest BCUT2D eigenvalue weighted by Crippen LogP contribution is -2.15. The van der Waals surface area contributed by atoms with Crippen LogP contribution in [0.4, 0.5) is 0 Å². The molecular weight excluding hydrogens is 240 g/mol. The van der Waals surface area contributed by atoms with E-state index in [9.17, 15) is 19.2 Å². The second-order valence-corrected chi connectivity index (χ2v) is 3.95. The van der Waals surface area contributed by atoms with Crippen molar-refractivity contribution in [2.45, 2.75) is 46.5 Å². The number of rotatable bonds is 7. The Kier molecular flexibility index (Phi) is 10.8.